The van der Waals surface area contributed by atoms with Crippen molar-refractivity contribution in [3.8, 4) is 17.2 Å². The molecule has 1 aromatic heterocycles. The van der Waals surface area contributed by atoms with E-state index < -0.39 is 0 Å². The van der Waals surface area contributed by atoms with Crippen LogP contribution in [0.5, 0.6) is 17.2 Å². The first kappa shape index (κ1) is 15.9. The molecular weight excluding hydrogens is 308 g/mol. The third kappa shape index (κ3) is 3.40. The topological polar surface area (TPSA) is 69.7 Å². The maximum absolute atomic E-state index is 12.3. The molecule has 2 aromatic rings. The van der Waals surface area contributed by atoms with Crippen molar-refractivity contribution < 1.29 is 19.0 Å². The lowest BCUT2D eigenvalue weighted by molar-refractivity contribution is 0.102. The number of hydrogen-bond acceptors (Lipinski definition) is 5. The van der Waals surface area contributed by atoms with Crippen LogP contribution in [0.2, 0.25) is 5.15 Å². The fourth-order valence-corrected chi connectivity index (χ4v) is 2.04. The molecule has 1 amide bonds. The van der Waals surface area contributed by atoms with Crippen LogP contribution in [0, 0.1) is 0 Å². The van der Waals surface area contributed by atoms with Gasteiger partial charge in [0.15, 0.2) is 11.5 Å². The fourth-order valence-electron chi connectivity index (χ4n) is 1.88. The molecule has 116 valence electrons. The Kier molecular flexibility index (Phi) is 5.06. The molecule has 0 saturated heterocycles. The van der Waals surface area contributed by atoms with E-state index in [0.29, 0.717) is 33.8 Å². The number of methoxy groups -OCH3 is 3. The lowest BCUT2D eigenvalue weighted by Crippen LogP contribution is -2.13. The Morgan fingerprint density at radius 3 is 2.23 bits per heavy atom. The van der Waals surface area contributed by atoms with Crippen molar-refractivity contribution in [2.24, 2.45) is 0 Å². The molecule has 6 nitrogen and oxygen atoms in total. The van der Waals surface area contributed by atoms with Crippen molar-refractivity contribution in [1.82, 2.24) is 4.98 Å². The van der Waals surface area contributed by atoms with E-state index >= 15 is 0 Å². The zero-order valence-corrected chi connectivity index (χ0v) is 13.1. The van der Waals surface area contributed by atoms with E-state index in [9.17, 15) is 4.79 Å². The Morgan fingerprint density at radius 2 is 1.73 bits per heavy atom. The Hall–Kier alpha value is -2.47. The highest BCUT2D eigenvalue weighted by Crippen LogP contribution is 2.38. The standard InChI is InChI=1S/C15H15ClN2O4/c1-20-10-7-9(8-11(21-2)14(10)22-3)15(19)18-13-6-4-5-12(16)17-13/h4-8H,1-3H3,(H,17,18,19). The molecule has 0 bridgehead atoms. The summed E-state index contributed by atoms with van der Waals surface area (Å²) >= 11 is 5.79. The highest BCUT2D eigenvalue weighted by Gasteiger charge is 2.17. The van der Waals surface area contributed by atoms with E-state index in [1.54, 1.807) is 30.3 Å². The van der Waals surface area contributed by atoms with Crippen LogP contribution in [-0.4, -0.2) is 32.2 Å². The van der Waals surface area contributed by atoms with Gasteiger partial charge in [-0.2, -0.15) is 0 Å². The van der Waals surface area contributed by atoms with Crippen molar-refractivity contribution in [2.45, 2.75) is 0 Å². The van der Waals surface area contributed by atoms with Crippen LogP contribution in [0.15, 0.2) is 30.3 Å². The van der Waals surface area contributed by atoms with Crippen molar-refractivity contribution in [3.63, 3.8) is 0 Å². The number of amides is 1. The number of ether oxygens (including phenoxy) is 3. The molecule has 1 N–H and O–H groups in total. The third-order valence-corrected chi connectivity index (χ3v) is 3.09. The Labute approximate surface area is 133 Å². The van der Waals surface area contributed by atoms with Crippen molar-refractivity contribution in [3.05, 3.63) is 41.0 Å². The average Bonchev–Trinajstić information content (AvgIpc) is 2.53. The highest BCUT2D eigenvalue weighted by atomic mass is 35.5. The number of pyridine rings is 1. The summed E-state index contributed by atoms with van der Waals surface area (Å²) in [5, 5.41) is 2.95. The average molecular weight is 323 g/mol. The number of carbonyl (C=O) groups excluding carboxylic acids is 1. The van der Waals surface area contributed by atoms with Gasteiger partial charge in [-0.3, -0.25) is 4.79 Å². The number of carbonyl (C=O) groups is 1. The van der Waals surface area contributed by atoms with Gasteiger partial charge in [-0.25, -0.2) is 4.98 Å². The second-order valence-corrected chi connectivity index (χ2v) is 4.60. The molecule has 0 radical (unpaired) electrons. The van der Waals surface area contributed by atoms with Gasteiger partial charge in [-0.1, -0.05) is 17.7 Å². The smallest absolute Gasteiger partial charge is 0.257 e. The molecule has 0 aliphatic rings. The molecular formula is C15H15ClN2O4. The second kappa shape index (κ2) is 7.00. The minimum atomic E-state index is -0.367. The predicted molar refractivity (Wildman–Crippen MR) is 83.3 cm³/mol. The van der Waals surface area contributed by atoms with Gasteiger partial charge in [0.2, 0.25) is 5.75 Å². The molecule has 0 unspecified atom stereocenters. The summed E-state index contributed by atoms with van der Waals surface area (Å²) < 4.78 is 15.6. The molecule has 22 heavy (non-hydrogen) atoms. The van der Waals surface area contributed by atoms with Crippen LogP contribution >= 0.6 is 11.6 Å². The fraction of sp³-hybridized carbons (Fsp3) is 0.200. The van der Waals surface area contributed by atoms with E-state index in [1.807, 2.05) is 0 Å². The van der Waals surface area contributed by atoms with Gasteiger partial charge in [0.05, 0.1) is 21.3 Å². The van der Waals surface area contributed by atoms with Crippen molar-refractivity contribution in [1.29, 1.82) is 0 Å². The van der Waals surface area contributed by atoms with E-state index in [2.05, 4.69) is 10.3 Å². The quantitative estimate of drug-likeness (QED) is 0.857. The van der Waals surface area contributed by atoms with Gasteiger partial charge >= 0.3 is 0 Å². The summed E-state index contributed by atoms with van der Waals surface area (Å²) in [4.78, 5) is 16.3. The number of rotatable bonds is 5. The summed E-state index contributed by atoms with van der Waals surface area (Å²) in [7, 11) is 4.46. The third-order valence-electron chi connectivity index (χ3n) is 2.88. The Balaban J connectivity index is 2.33. The lowest BCUT2D eigenvalue weighted by atomic mass is 10.1. The minimum absolute atomic E-state index is 0.294. The van der Waals surface area contributed by atoms with E-state index in [0.717, 1.165) is 0 Å². The van der Waals surface area contributed by atoms with Crippen LogP contribution in [0.3, 0.4) is 0 Å². The number of nitrogens with zero attached hydrogens (tertiary/aromatic N) is 1. The van der Waals surface area contributed by atoms with Crippen molar-refractivity contribution in [2.75, 3.05) is 26.6 Å². The number of halogens is 1. The molecule has 0 aliphatic carbocycles. The first-order valence-corrected chi connectivity index (χ1v) is 6.70. The van der Waals surface area contributed by atoms with Gasteiger partial charge in [0.25, 0.3) is 5.91 Å². The van der Waals surface area contributed by atoms with Crippen LogP contribution < -0.4 is 19.5 Å². The van der Waals surface area contributed by atoms with Crippen LogP contribution in [0.1, 0.15) is 10.4 Å². The van der Waals surface area contributed by atoms with Crippen molar-refractivity contribution >= 4 is 23.3 Å². The largest absolute Gasteiger partial charge is 0.493 e. The highest BCUT2D eigenvalue weighted by molar-refractivity contribution is 6.29. The molecule has 0 aliphatic heterocycles. The Morgan fingerprint density at radius 1 is 1.09 bits per heavy atom. The number of nitrogens with one attached hydrogen (secondary N) is 1. The summed E-state index contributed by atoms with van der Waals surface area (Å²) in [6.45, 7) is 0. The summed E-state index contributed by atoms with van der Waals surface area (Å²) in [5.41, 5.74) is 0.344. The maximum Gasteiger partial charge on any atom is 0.257 e. The number of hydrogen-bond donors (Lipinski definition) is 1. The normalized spacial score (nSPS) is 10.0. The predicted octanol–water partition coefficient (Wildman–Crippen LogP) is 3.01. The monoisotopic (exact) mass is 322 g/mol. The van der Waals surface area contributed by atoms with Crippen LogP contribution in [-0.2, 0) is 0 Å². The van der Waals surface area contributed by atoms with Gasteiger partial charge < -0.3 is 19.5 Å². The number of benzene rings is 1. The summed E-state index contributed by atoms with van der Waals surface area (Å²) in [5.74, 6) is 1.19. The SMILES string of the molecule is COc1cc(C(=O)Nc2cccc(Cl)n2)cc(OC)c1OC. The summed E-state index contributed by atoms with van der Waals surface area (Å²) in [6.07, 6.45) is 0. The molecule has 2 rings (SSSR count). The minimum Gasteiger partial charge on any atom is -0.493 e. The summed E-state index contributed by atoms with van der Waals surface area (Å²) in [6, 6.07) is 8.07. The molecule has 7 heteroatoms. The second-order valence-electron chi connectivity index (χ2n) is 4.21. The van der Waals surface area contributed by atoms with Gasteiger partial charge in [-0.15, -0.1) is 0 Å². The molecule has 0 saturated carbocycles. The lowest BCUT2D eigenvalue weighted by Gasteiger charge is -2.14. The molecule has 0 spiro atoms. The maximum atomic E-state index is 12.3. The first-order chi connectivity index (χ1) is 10.6. The molecule has 0 fully saturated rings. The Bertz CT molecular complexity index is 666. The molecule has 1 aromatic carbocycles. The zero-order chi connectivity index (χ0) is 16.1. The van der Waals surface area contributed by atoms with Crippen LogP contribution in [0.25, 0.3) is 0 Å². The molecule has 1 heterocycles. The molecule has 0 atom stereocenters. The van der Waals surface area contributed by atoms with Crippen LogP contribution in [0.4, 0.5) is 5.82 Å². The van der Waals surface area contributed by atoms with Gasteiger partial charge in [-0.05, 0) is 24.3 Å². The van der Waals surface area contributed by atoms with E-state index in [1.165, 1.54) is 21.3 Å². The van der Waals surface area contributed by atoms with E-state index in [4.69, 9.17) is 25.8 Å². The number of anilines is 1. The number of aromatic nitrogens is 1. The first-order valence-electron chi connectivity index (χ1n) is 6.33. The van der Waals surface area contributed by atoms with Gasteiger partial charge in [0.1, 0.15) is 11.0 Å². The zero-order valence-electron chi connectivity index (χ0n) is 12.3. The van der Waals surface area contributed by atoms with Gasteiger partial charge in [0, 0.05) is 5.56 Å². The van der Waals surface area contributed by atoms with E-state index in [-0.39, 0.29) is 5.91 Å².